The Labute approximate surface area is 118 Å². The van der Waals surface area contributed by atoms with Crippen molar-refractivity contribution in [2.45, 2.75) is 11.8 Å². The third kappa shape index (κ3) is 4.49. The van der Waals surface area contributed by atoms with E-state index >= 15 is 0 Å². The van der Waals surface area contributed by atoms with E-state index in [0.29, 0.717) is 17.3 Å². The molecule has 1 unspecified atom stereocenters. The van der Waals surface area contributed by atoms with Crippen LogP contribution >= 0.6 is 11.6 Å². The largest absolute Gasteiger partial charge is 0.324 e. The molecule has 106 valence electrons. The maximum Gasteiger partial charge on any atom is 0.228 e. The fourth-order valence-corrected chi connectivity index (χ4v) is 2.30. The average molecular weight is 305 g/mol. The van der Waals surface area contributed by atoms with Gasteiger partial charge in [-0.2, -0.15) is 0 Å². The van der Waals surface area contributed by atoms with E-state index in [-0.39, 0.29) is 16.7 Å². The minimum absolute atomic E-state index is 0.119. The summed E-state index contributed by atoms with van der Waals surface area (Å²) >= 11 is 5.95. The van der Waals surface area contributed by atoms with Crippen LogP contribution in [0, 0.1) is 5.92 Å². The number of rotatable bonds is 5. The topological polar surface area (TPSA) is 75.3 Å². The van der Waals surface area contributed by atoms with E-state index < -0.39 is 9.84 Å². The van der Waals surface area contributed by atoms with Crippen LogP contribution in [0.2, 0.25) is 5.02 Å². The zero-order valence-electron chi connectivity index (χ0n) is 11.0. The Morgan fingerprint density at radius 2 is 2.05 bits per heavy atom. The molecule has 1 amide bonds. The molecule has 0 radical (unpaired) electrons. The molecule has 0 aliphatic carbocycles. The van der Waals surface area contributed by atoms with Gasteiger partial charge in [-0.3, -0.25) is 4.79 Å². The molecular weight excluding hydrogens is 288 g/mol. The minimum Gasteiger partial charge on any atom is -0.324 e. The molecule has 19 heavy (non-hydrogen) atoms. The molecule has 2 N–H and O–H groups in total. The Kier molecular flexibility index (Phi) is 5.34. The van der Waals surface area contributed by atoms with Gasteiger partial charge in [-0.25, -0.2) is 8.42 Å². The van der Waals surface area contributed by atoms with Gasteiger partial charge in [-0.05, 0) is 25.2 Å². The third-order valence-corrected chi connectivity index (χ3v) is 4.02. The lowest BCUT2D eigenvalue weighted by Gasteiger charge is -2.13. The van der Waals surface area contributed by atoms with Gasteiger partial charge >= 0.3 is 0 Å². The molecule has 0 bridgehead atoms. The second kappa shape index (κ2) is 6.36. The summed E-state index contributed by atoms with van der Waals surface area (Å²) < 4.78 is 22.9. The Morgan fingerprint density at radius 1 is 1.42 bits per heavy atom. The fourth-order valence-electron chi connectivity index (χ4n) is 1.49. The molecule has 7 heteroatoms. The highest BCUT2D eigenvalue weighted by Crippen LogP contribution is 2.25. The van der Waals surface area contributed by atoms with Crippen LogP contribution in [-0.4, -0.2) is 34.2 Å². The highest BCUT2D eigenvalue weighted by atomic mass is 35.5. The van der Waals surface area contributed by atoms with Gasteiger partial charge in [0.1, 0.15) is 0 Å². The van der Waals surface area contributed by atoms with E-state index in [1.165, 1.54) is 18.2 Å². The molecule has 0 heterocycles. The summed E-state index contributed by atoms with van der Waals surface area (Å²) in [6, 6.07) is 4.22. The Morgan fingerprint density at radius 3 is 2.58 bits per heavy atom. The molecule has 0 aliphatic heterocycles. The lowest BCUT2D eigenvalue weighted by Crippen LogP contribution is -2.28. The van der Waals surface area contributed by atoms with Crippen LogP contribution in [0.25, 0.3) is 0 Å². The number of halogens is 1. The number of benzene rings is 1. The fraction of sp³-hybridized carbons (Fsp3) is 0.417. The first-order valence-electron chi connectivity index (χ1n) is 5.70. The van der Waals surface area contributed by atoms with Gasteiger partial charge in [-0.15, -0.1) is 0 Å². The number of sulfone groups is 1. The molecule has 1 atom stereocenters. The van der Waals surface area contributed by atoms with Crippen molar-refractivity contribution in [1.29, 1.82) is 0 Å². The lowest BCUT2D eigenvalue weighted by molar-refractivity contribution is -0.119. The number of anilines is 1. The monoisotopic (exact) mass is 304 g/mol. The molecule has 0 aliphatic rings. The van der Waals surface area contributed by atoms with E-state index in [2.05, 4.69) is 10.6 Å². The van der Waals surface area contributed by atoms with Gasteiger partial charge in [0.15, 0.2) is 9.84 Å². The van der Waals surface area contributed by atoms with Gasteiger partial charge in [0.05, 0.1) is 15.6 Å². The predicted octanol–water partition coefficient (Wildman–Crippen LogP) is 1.54. The van der Waals surface area contributed by atoms with E-state index in [0.717, 1.165) is 6.26 Å². The first-order chi connectivity index (χ1) is 8.75. The maximum atomic E-state index is 11.9. The average Bonchev–Trinajstić information content (AvgIpc) is 2.30. The SMILES string of the molecule is CNCC(C)C(=O)Nc1cc(S(C)(=O)=O)ccc1Cl. The second-order valence-corrected chi connectivity index (χ2v) is 6.78. The third-order valence-electron chi connectivity index (χ3n) is 2.58. The number of amides is 1. The van der Waals surface area contributed by atoms with Crippen LogP contribution in [-0.2, 0) is 14.6 Å². The summed E-state index contributed by atoms with van der Waals surface area (Å²) in [7, 11) is -1.58. The highest BCUT2D eigenvalue weighted by Gasteiger charge is 2.15. The summed E-state index contributed by atoms with van der Waals surface area (Å²) in [5.74, 6) is -0.468. The van der Waals surface area contributed by atoms with Gasteiger partial charge in [-0.1, -0.05) is 18.5 Å². The molecule has 0 saturated heterocycles. The number of carbonyl (C=O) groups excluding carboxylic acids is 1. The molecule has 0 aromatic heterocycles. The second-order valence-electron chi connectivity index (χ2n) is 4.36. The molecule has 0 saturated carbocycles. The van der Waals surface area contributed by atoms with Gasteiger partial charge in [0.2, 0.25) is 5.91 Å². The summed E-state index contributed by atoms with van der Waals surface area (Å²) in [5.41, 5.74) is 0.303. The molecule has 1 aromatic rings. The van der Waals surface area contributed by atoms with Crippen LogP contribution in [0.3, 0.4) is 0 Å². The molecule has 1 aromatic carbocycles. The number of hydrogen-bond donors (Lipinski definition) is 2. The number of carbonyl (C=O) groups is 1. The predicted molar refractivity (Wildman–Crippen MR) is 76.3 cm³/mol. The minimum atomic E-state index is -3.33. The molecule has 0 fully saturated rings. The summed E-state index contributed by atoms with van der Waals surface area (Å²) in [4.78, 5) is 12.0. The summed E-state index contributed by atoms with van der Waals surface area (Å²) in [6.45, 7) is 2.29. The van der Waals surface area contributed by atoms with Crippen LogP contribution in [0.5, 0.6) is 0 Å². The van der Waals surface area contributed by atoms with Crippen molar-refractivity contribution in [3.63, 3.8) is 0 Å². The van der Waals surface area contributed by atoms with Crippen molar-refractivity contribution in [2.75, 3.05) is 25.2 Å². The van der Waals surface area contributed by atoms with E-state index in [1.807, 2.05) is 0 Å². The summed E-state index contributed by atoms with van der Waals surface area (Å²) in [5, 5.41) is 5.83. The van der Waals surface area contributed by atoms with Gasteiger partial charge in [0, 0.05) is 18.7 Å². The molecule has 5 nitrogen and oxygen atoms in total. The van der Waals surface area contributed by atoms with Crippen LogP contribution in [0.1, 0.15) is 6.92 Å². The maximum absolute atomic E-state index is 11.9. The first kappa shape index (κ1) is 15.9. The highest BCUT2D eigenvalue weighted by molar-refractivity contribution is 7.90. The van der Waals surface area contributed by atoms with Crippen LogP contribution in [0.15, 0.2) is 23.1 Å². The van der Waals surface area contributed by atoms with Crippen LogP contribution < -0.4 is 10.6 Å². The Balaban J connectivity index is 2.98. The molecular formula is C12H17ClN2O3S. The zero-order chi connectivity index (χ0) is 14.6. The molecule has 0 spiro atoms. The first-order valence-corrected chi connectivity index (χ1v) is 7.97. The van der Waals surface area contributed by atoms with Crippen molar-refractivity contribution >= 4 is 33.0 Å². The van der Waals surface area contributed by atoms with Crippen LogP contribution in [0.4, 0.5) is 5.69 Å². The number of nitrogens with one attached hydrogen (secondary N) is 2. The van der Waals surface area contributed by atoms with Gasteiger partial charge < -0.3 is 10.6 Å². The van der Waals surface area contributed by atoms with E-state index in [1.54, 1.807) is 14.0 Å². The van der Waals surface area contributed by atoms with Crippen molar-refractivity contribution in [3.8, 4) is 0 Å². The smallest absolute Gasteiger partial charge is 0.228 e. The molecule has 1 rings (SSSR count). The van der Waals surface area contributed by atoms with Crippen molar-refractivity contribution < 1.29 is 13.2 Å². The Hall–Kier alpha value is -1.11. The van der Waals surface area contributed by atoms with Gasteiger partial charge in [0.25, 0.3) is 0 Å². The van der Waals surface area contributed by atoms with E-state index in [4.69, 9.17) is 11.6 Å². The summed E-state index contributed by atoms with van der Waals surface area (Å²) in [6.07, 6.45) is 1.10. The van der Waals surface area contributed by atoms with Crippen molar-refractivity contribution in [3.05, 3.63) is 23.2 Å². The van der Waals surface area contributed by atoms with Crippen molar-refractivity contribution in [1.82, 2.24) is 5.32 Å². The number of hydrogen-bond acceptors (Lipinski definition) is 4. The standard InChI is InChI=1S/C12H17ClN2O3S/c1-8(7-14-2)12(16)15-11-6-9(19(3,17)18)4-5-10(11)13/h4-6,8,14H,7H2,1-3H3,(H,15,16). The normalized spacial score (nSPS) is 13.1. The lowest BCUT2D eigenvalue weighted by atomic mass is 10.1. The van der Waals surface area contributed by atoms with E-state index in [9.17, 15) is 13.2 Å². The Bertz CT molecular complexity index is 572. The van der Waals surface area contributed by atoms with Crippen molar-refractivity contribution in [2.24, 2.45) is 5.92 Å². The quantitative estimate of drug-likeness (QED) is 0.865. The zero-order valence-corrected chi connectivity index (χ0v) is 12.6.